The van der Waals surface area contributed by atoms with Crippen LogP contribution in [0.2, 0.25) is 0 Å². The van der Waals surface area contributed by atoms with Gasteiger partial charge in [0, 0.05) is 25.0 Å². The van der Waals surface area contributed by atoms with E-state index in [0.717, 1.165) is 32.4 Å². The van der Waals surface area contributed by atoms with Crippen LogP contribution in [0.15, 0.2) is 0 Å². The number of nitrogens with zero attached hydrogens (tertiary/aromatic N) is 2. The number of likely N-dealkylation sites (tertiary alicyclic amines) is 2. The summed E-state index contributed by atoms with van der Waals surface area (Å²) in [7, 11) is 0. The highest BCUT2D eigenvalue weighted by atomic mass is 16.6. The summed E-state index contributed by atoms with van der Waals surface area (Å²) in [5, 5.41) is 2.09. The van der Waals surface area contributed by atoms with E-state index in [4.69, 9.17) is 10.5 Å². The fourth-order valence-corrected chi connectivity index (χ4v) is 3.57. The SMILES string of the molecule is CC(C)(C)OC(=O)N1CCCC2(CCN(CC(=O)NC(N)=O)C2)C1. The molecular weight excluding hydrogens is 312 g/mol. The molecule has 8 nitrogen and oxygen atoms in total. The molecule has 2 heterocycles. The molecule has 0 aromatic rings. The third kappa shape index (κ3) is 5.09. The maximum Gasteiger partial charge on any atom is 0.410 e. The normalized spacial score (nSPS) is 24.9. The summed E-state index contributed by atoms with van der Waals surface area (Å²) in [6.45, 7) is 8.59. The van der Waals surface area contributed by atoms with Gasteiger partial charge in [-0.1, -0.05) is 0 Å². The molecule has 1 unspecified atom stereocenters. The monoisotopic (exact) mass is 340 g/mol. The Morgan fingerprint density at radius 3 is 2.50 bits per heavy atom. The van der Waals surface area contributed by atoms with Crippen molar-refractivity contribution in [3.63, 3.8) is 0 Å². The molecule has 4 amide bonds. The molecule has 1 spiro atoms. The van der Waals surface area contributed by atoms with Gasteiger partial charge in [-0.25, -0.2) is 9.59 Å². The second-order valence-electron chi connectivity index (χ2n) is 7.88. The number of imide groups is 1. The molecule has 8 heteroatoms. The average molecular weight is 340 g/mol. The van der Waals surface area contributed by atoms with Crippen LogP contribution in [0.3, 0.4) is 0 Å². The predicted octanol–water partition coefficient (Wildman–Crippen LogP) is 0.904. The van der Waals surface area contributed by atoms with Gasteiger partial charge in [0.2, 0.25) is 5.91 Å². The molecule has 24 heavy (non-hydrogen) atoms. The Labute approximate surface area is 142 Å². The fourth-order valence-electron chi connectivity index (χ4n) is 3.57. The zero-order valence-corrected chi connectivity index (χ0v) is 14.8. The maximum absolute atomic E-state index is 12.3. The number of piperidine rings is 1. The third-order valence-corrected chi connectivity index (χ3v) is 4.46. The lowest BCUT2D eigenvalue weighted by Crippen LogP contribution is -2.49. The van der Waals surface area contributed by atoms with E-state index in [1.807, 2.05) is 25.7 Å². The van der Waals surface area contributed by atoms with E-state index in [1.165, 1.54) is 0 Å². The van der Waals surface area contributed by atoms with Gasteiger partial charge in [0.15, 0.2) is 0 Å². The molecule has 2 aliphatic rings. The van der Waals surface area contributed by atoms with Gasteiger partial charge in [0.05, 0.1) is 6.54 Å². The van der Waals surface area contributed by atoms with Gasteiger partial charge in [-0.05, 0) is 46.6 Å². The van der Waals surface area contributed by atoms with Crippen LogP contribution in [0, 0.1) is 5.41 Å². The number of primary amides is 1. The Morgan fingerprint density at radius 1 is 1.17 bits per heavy atom. The summed E-state index contributed by atoms with van der Waals surface area (Å²) < 4.78 is 5.47. The molecule has 3 N–H and O–H groups in total. The first-order valence-corrected chi connectivity index (χ1v) is 8.38. The lowest BCUT2D eigenvalue weighted by Gasteiger charge is -2.40. The largest absolute Gasteiger partial charge is 0.444 e. The van der Waals surface area contributed by atoms with E-state index < -0.39 is 11.6 Å². The Hall–Kier alpha value is -1.83. The number of rotatable bonds is 2. The molecule has 0 aromatic carbocycles. The molecule has 136 valence electrons. The summed E-state index contributed by atoms with van der Waals surface area (Å²) in [6, 6.07) is -0.831. The Morgan fingerprint density at radius 2 is 1.88 bits per heavy atom. The first-order chi connectivity index (χ1) is 11.1. The van der Waals surface area contributed by atoms with Crippen LogP contribution in [0.4, 0.5) is 9.59 Å². The Balaban J connectivity index is 1.90. The number of hydrogen-bond donors (Lipinski definition) is 2. The third-order valence-electron chi connectivity index (χ3n) is 4.46. The van der Waals surface area contributed by atoms with E-state index >= 15 is 0 Å². The van der Waals surface area contributed by atoms with Crippen molar-refractivity contribution in [3.8, 4) is 0 Å². The van der Waals surface area contributed by atoms with Gasteiger partial charge in [0.25, 0.3) is 0 Å². The maximum atomic E-state index is 12.3. The van der Waals surface area contributed by atoms with E-state index in [9.17, 15) is 14.4 Å². The van der Waals surface area contributed by atoms with Crippen molar-refractivity contribution in [1.29, 1.82) is 0 Å². The van der Waals surface area contributed by atoms with Gasteiger partial charge >= 0.3 is 12.1 Å². The van der Waals surface area contributed by atoms with Crippen LogP contribution in [0.5, 0.6) is 0 Å². The van der Waals surface area contributed by atoms with Crippen molar-refractivity contribution in [2.24, 2.45) is 11.1 Å². The van der Waals surface area contributed by atoms with Gasteiger partial charge in [-0.15, -0.1) is 0 Å². The second kappa shape index (κ2) is 6.96. The molecule has 2 aliphatic heterocycles. The minimum atomic E-state index is -0.831. The van der Waals surface area contributed by atoms with Gasteiger partial charge in [-0.2, -0.15) is 0 Å². The zero-order valence-electron chi connectivity index (χ0n) is 14.8. The summed E-state index contributed by atoms with van der Waals surface area (Å²) in [6.07, 6.45) is 2.61. The van der Waals surface area contributed by atoms with Gasteiger partial charge in [0.1, 0.15) is 5.60 Å². The molecule has 1 atom stereocenters. The van der Waals surface area contributed by atoms with Crippen molar-refractivity contribution < 1.29 is 19.1 Å². The van der Waals surface area contributed by atoms with Gasteiger partial charge < -0.3 is 15.4 Å². The van der Waals surface area contributed by atoms with Crippen molar-refractivity contribution in [3.05, 3.63) is 0 Å². The highest BCUT2D eigenvalue weighted by Gasteiger charge is 2.43. The average Bonchev–Trinajstić information content (AvgIpc) is 2.78. The molecule has 2 rings (SSSR count). The van der Waals surface area contributed by atoms with E-state index in [-0.39, 0.29) is 24.0 Å². The van der Waals surface area contributed by atoms with Crippen molar-refractivity contribution in [1.82, 2.24) is 15.1 Å². The highest BCUT2D eigenvalue weighted by molar-refractivity contribution is 5.94. The Bertz CT molecular complexity index is 517. The highest BCUT2D eigenvalue weighted by Crippen LogP contribution is 2.39. The first-order valence-electron chi connectivity index (χ1n) is 8.38. The van der Waals surface area contributed by atoms with Crippen molar-refractivity contribution in [2.75, 3.05) is 32.7 Å². The summed E-state index contributed by atoms with van der Waals surface area (Å²) in [4.78, 5) is 38.5. The quantitative estimate of drug-likeness (QED) is 0.777. The molecule has 2 fully saturated rings. The molecule has 0 bridgehead atoms. The number of ether oxygens (including phenoxy) is 1. The number of hydrogen-bond acceptors (Lipinski definition) is 5. The minimum Gasteiger partial charge on any atom is -0.444 e. The molecule has 0 aliphatic carbocycles. The van der Waals surface area contributed by atoms with Crippen LogP contribution in [0.25, 0.3) is 0 Å². The summed E-state index contributed by atoms with van der Waals surface area (Å²) >= 11 is 0. The minimum absolute atomic E-state index is 0.00214. The van der Waals surface area contributed by atoms with Crippen LogP contribution in [-0.4, -0.2) is 66.2 Å². The Kier molecular flexibility index (Phi) is 5.37. The molecule has 2 saturated heterocycles. The van der Waals surface area contributed by atoms with E-state index in [2.05, 4.69) is 5.32 Å². The molecule has 0 saturated carbocycles. The fraction of sp³-hybridized carbons (Fsp3) is 0.812. The number of nitrogens with two attached hydrogens (primary N) is 1. The number of urea groups is 1. The lowest BCUT2D eigenvalue weighted by atomic mass is 9.79. The number of carbonyl (C=O) groups excluding carboxylic acids is 3. The molecule has 0 aromatic heterocycles. The standard InChI is InChI=1S/C16H28N4O4/c1-15(2,3)24-14(23)20-7-4-5-16(11-20)6-8-19(10-16)9-12(21)18-13(17)22/h4-11H2,1-3H3,(H3,17,18,21,22). The topological polar surface area (TPSA) is 105 Å². The summed E-state index contributed by atoms with van der Waals surface area (Å²) in [5.41, 5.74) is 4.46. The number of amides is 4. The predicted molar refractivity (Wildman–Crippen MR) is 88.3 cm³/mol. The summed E-state index contributed by atoms with van der Waals surface area (Å²) in [5.74, 6) is -0.389. The van der Waals surface area contributed by atoms with Crippen molar-refractivity contribution >= 4 is 18.0 Å². The van der Waals surface area contributed by atoms with Crippen LogP contribution >= 0.6 is 0 Å². The number of nitrogens with one attached hydrogen (secondary N) is 1. The van der Waals surface area contributed by atoms with Gasteiger partial charge in [-0.3, -0.25) is 15.0 Å². The molecular formula is C16H28N4O4. The smallest absolute Gasteiger partial charge is 0.410 e. The zero-order chi connectivity index (χ0) is 18.0. The lowest BCUT2D eigenvalue weighted by molar-refractivity contribution is -0.121. The van der Waals surface area contributed by atoms with Crippen LogP contribution < -0.4 is 11.1 Å². The first kappa shape index (κ1) is 18.5. The van der Waals surface area contributed by atoms with E-state index in [1.54, 1.807) is 4.90 Å². The van der Waals surface area contributed by atoms with Crippen LogP contribution in [0.1, 0.15) is 40.0 Å². The molecule has 0 radical (unpaired) electrons. The van der Waals surface area contributed by atoms with E-state index in [0.29, 0.717) is 13.1 Å². The second-order valence-corrected chi connectivity index (χ2v) is 7.88. The van der Waals surface area contributed by atoms with Crippen molar-refractivity contribution in [2.45, 2.75) is 45.6 Å². The number of carbonyl (C=O) groups is 3. The van der Waals surface area contributed by atoms with Crippen LogP contribution in [-0.2, 0) is 9.53 Å².